The van der Waals surface area contributed by atoms with Crippen LogP contribution >= 0.6 is 0 Å². The number of carbonyl (C=O) groups is 1. The number of amides is 1. The lowest BCUT2D eigenvalue weighted by Gasteiger charge is -2.13. The summed E-state index contributed by atoms with van der Waals surface area (Å²) in [5.41, 5.74) is 5.05. The van der Waals surface area contributed by atoms with Gasteiger partial charge in [0.1, 0.15) is 11.6 Å². The number of fused-ring (bicyclic) bond motifs is 1. The SMILES string of the molecule is Cc1cc(/C=C(/C#N)C(=O)NCc2ccccc2)c(C)n1-c1cccc2ccccc12. The van der Waals surface area contributed by atoms with Gasteiger partial charge in [-0.3, -0.25) is 4.79 Å². The molecule has 4 aromatic rings. The molecule has 4 heteroatoms. The number of aromatic nitrogens is 1. The van der Waals surface area contributed by atoms with Crippen molar-refractivity contribution in [1.29, 1.82) is 5.26 Å². The van der Waals surface area contributed by atoms with Gasteiger partial charge >= 0.3 is 0 Å². The first kappa shape index (κ1) is 20.2. The van der Waals surface area contributed by atoms with Gasteiger partial charge < -0.3 is 9.88 Å². The average Bonchev–Trinajstić information content (AvgIpc) is 3.08. The first-order chi connectivity index (χ1) is 15.1. The minimum Gasteiger partial charge on any atom is -0.347 e. The third kappa shape index (κ3) is 4.12. The Bertz CT molecular complexity index is 1320. The predicted molar refractivity (Wildman–Crippen MR) is 125 cm³/mol. The molecule has 4 nitrogen and oxygen atoms in total. The Hall–Kier alpha value is -4.10. The number of hydrogen-bond donors (Lipinski definition) is 1. The van der Waals surface area contributed by atoms with Crippen LogP contribution in [0, 0.1) is 25.2 Å². The summed E-state index contributed by atoms with van der Waals surface area (Å²) >= 11 is 0. The van der Waals surface area contributed by atoms with Crippen LogP contribution in [0.1, 0.15) is 22.5 Å². The van der Waals surface area contributed by atoms with Crippen molar-refractivity contribution in [3.8, 4) is 11.8 Å². The normalized spacial score (nSPS) is 11.3. The van der Waals surface area contributed by atoms with Crippen molar-refractivity contribution in [2.24, 2.45) is 0 Å². The number of aryl methyl sites for hydroxylation is 1. The summed E-state index contributed by atoms with van der Waals surface area (Å²) in [7, 11) is 0. The summed E-state index contributed by atoms with van der Waals surface area (Å²) in [5.74, 6) is -0.374. The molecule has 0 radical (unpaired) electrons. The van der Waals surface area contributed by atoms with Crippen LogP contribution < -0.4 is 5.32 Å². The second kappa shape index (κ2) is 8.73. The van der Waals surface area contributed by atoms with Crippen LogP contribution in [-0.4, -0.2) is 10.5 Å². The summed E-state index contributed by atoms with van der Waals surface area (Å²) in [6, 6.07) is 28.2. The zero-order valence-electron chi connectivity index (χ0n) is 17.6. The summed E-state index contributed by atoms with van der Waals surface area (Å²) < 4.78 is 2.17. The molecule has 1 heterocycles. The predicted octanol–water partition coefficient (Wildman–Crippen LogP) is 5.47. The quantitative estimate of drug-likeness (QED) is 0.353. The molecule has 1 N–H and O–H groups in total. The average molecular weight is 406 g/mol. The molecule has 31 heavy (non-hydrogen) atoms. The maximum atomic E-state index is 12.6. The van der Waals surface area contributed by atoms with Gasteiger partial charge in [0, 0.05) is 23.3 Å². The molecule has 0 saturated carbocycles. The Balaban J connectivity index is 1.66. The largest absolute Gasteiger partial charge is 0.347 e. The minimum atomic E-state index is -0.374. The number of rotatable bonds is 5. The van der Waals surface area contributed by atoms with E-state index in [0.29, 0.717) is 6.54 Å². The monoisotopic (exact) mass is 405 g/mol. The molecular weight excluding hydrogens is 382 g/mol. The van der Waals surface area contributed by atoms with Gasteiger partial charge in [-0.15, -0.1) is 0 Å². The van der Waals surface area contributed by atoms with Crippen LogP contribution in [0.25, 0.3) is 22.5 Å². The number of nitrogens with one attached hydrogen (secondary N) is 1. The van der Waals surface area contributed by atoms with Crippen molar-refractivity contribution in [2.45, 2.75) is 20.4 Å². The van der Waals surface area contributed by atoms with E-state index in [-0.39, 0.29) is 11.5 Å². The first-order valence-electron chi connectivity index (χ1n) is 10.2. The minimum absolute atomic E-state index is 0.0918. The van der Waals surface area contributed by atoms with E-state index in [2.05, 4.69) is 40.2 Å². The number of hydrogen-bond acceptors (Lipinski definition) is 2. The van der Waals surface area contributed by atoms with Gasteiger partial charge in [-0.2, -0.15) is 5.26 Å². The third-order valence-electron chi connectivity index (χ3n) is 5.44. The lowest BCUT2D eigenvalue weighted by atomic mass is 10.1. The van der Waals surface area contributed by atoms with E-state index < -0.39 is 0 Å². The van der Waals surface area contributed by atoms with Crippen LogP contribution in [0.2, 0.25) is 0 Å². The Morgan fingerprint density at radius 1 is 1.00 bits per heavy atom. The van der Waals surface area contributed by atoms with E-state index >= 15 is 0 Å². The zero-order chi connectivity index (χ0) is 21.8. The smallest absolute Gasteiger partial charge is 0.262 e. The fraction of sp³-hybridized carbons (Fsp3) is 0.111. The van der Waals surface area contributed by atoms with Gasteiger partial charge in [-0.1, -0.05) is 66.7 Å². The third-order valence-corrected chi connectivity index (χ3v) is 5.44. The van der Waals surface area contributed by atoms with E-state index in [1.165, 1.54) is 5.39 Å². The van der Waals surface area contributed by atoms with Gasteiger partial charge in [-0.25, -0.2) is 0 Å². The summed E-state index contributed by atoms with van der Waals surface area (Å²) in [6.45, 7) is 4.43. The van der Waals surface area contributed by atoms with Crippen molar-refractivity contribution in [2.75, 3.05) is 0 Å². The Labute approximate surface area is 182 Å². The molecule has 0 bridgehead atoms. The van der Waals surface area contributed by atoms with Crippen molar-refractivity contribution in [3.63, 3.8) is 0 Å². The summed E-state index contributed by atoms with van der Waals surface area (Å²) in [6.07, 6.45) is 1.67. The molecule has 3 aromatic carbocycles. The zero-order valence-corrected chi connectivity index (χ0v) is 17.6. The van der Waals surface area contributed by atoms with Gasteiger partial charge in [0.05, 0.1) is 5.69 Å². The van der Waals surface area contributed by atoms with Crippen LogP contribution in [0.3, 0.4) is 0 Å². The van der Waals surface area contributed by atoms with Gasteiger partial charge in [0.2, 0.25) is 0 Å². The summed E-state index contributed by atoms with van der Waals surface area (Å²) in [4.78, 5) is 12.6. The molecule has 0 aliphatic carbocycles. The van der Waals surface area contributed by atoms with Crippen LogP contribution in [0.15, 0.2) is 84.4 Å². The van der Waals surface area contributed by atoms with Crippen molar-refractivity contribution >= 4 is 22.8 Å². The number of carbonyl (C=O) groups excluding carboxylic acids is 1. The molecule has 0 aliphatic rings. The highest BCUT2D eigenvalue weighted by Gasteiger charge is 2.15. The van der Waals surface area contributed by atoms with E-state index in [1.807, 2.05) is 68.4 Å². The maximum Gasteiger partial charge on any atom is 0.262 e. The van der Waals surface area contributed by atoms with E-state index in [9.17, 15) is 10.1 Å². The second-order valence-corrected chi connectivity index (χ2v) is 7.50. The van der Waals surface area contributed by atoms with Crippen molar-refractivity contribution in [3.05, 3.63) is 107 Å². The molecule has 1 aromatic heterocycles. The Morgan fingerprint density at radius 2 is 1.71 bits per heavy atom. The lowest BCUT2D eigenvalue weighted by Crippen LogP contribution is -2.23. The second-order valence-electron chi connectivity index (χ2n) is 7.50. The Kier molecular flexibility index (Phi) is 5.68. The fourth-order valence-corrected chi connectivity index (χ4v) is 3.89. The molecule has 1 amide bonds. The van der Waals surface area contributed by atoms with Gasteiger partial charge in [0.25, 0.3) is 5.91 Å². The standard InChI is InChI=1S/C27H23N3O/c1-19-15-23(16-24(17-28)27(31)29-18-21-9-4-3-5-10-21)20(2)30(19)26-14-8-12-22-11-6-7-13-25(22)26/h3-16H,18H2,1-2H3,(H,29,31)/b24-16-. The molecule has 0 fully saturated rings. The molecule has 4 rings (SSSR count). The van der Waals surface area contributed by atoms with Gasteiger partial charge in [-0.05, 0) is 48.6 Å². The highest BCUT2D eigenvalue weighted by atomic mass is 16.1. The molecule has 0 unspecified atom stereocenters. The van der Waals surface area contributed by atoms with E-state index in [1.54, 1.807) is 6.08 Å². The van der Waals surface area contributed by atoms with Crippen molar-refractivity contribution < 1.29 is 4.79 Å². The lowest BCUT2D eigenvalue weighted by molar-refractivity contribution is -0.117. The highest BCUT2D eigenvalue weighted by Crippen LogP contribution is 2.28. The molecule has 0 spiro atoms. The Morgan fingerprint density at radius 3 is 2.48 bits per heavy atom. The number of nitriles is 1. The highest BCUT2D eigenvalue weighted by molar-refractivity contribution is 6.02. The number of benzene rings is 3. The molecule has 0 saturated heterocycles. The van der Waals surface area contributed by atoms with Crippen molar-refractivity contribution in [1.82, 2.24) is 9.88 Å². The maximum absolute atomic E-state index is 12.6. The first-order valence-corrected chi connectivity index (χ1v) is 10.2. The summed E-state index contributed by atoms with van der Waals surface area (Å²) in [5, 5.41) is 14.7. The van der Waals surface area contributed by atoms with Crippen LogP contribution in [0.4, 0.5) is 0 Å². The van der Waals surface area contributed by atoms with E-state index in [0.717, 1.165) is 33.6 Å². The number of nitrogens with zero attached hydrogens (tertiary/aromatic N) is 2. The molecular formula is C27H23N3O. The molecule has 0 aliphatic heterocycles. The fourth-order valence-electron chi connectivity index (χ4n) is 3.89. The molecule has 0 atom stereocenters. The van der Waals surface area contributed by atoms with Gasteiger partial charge in [0.15, 0.2) is 0 Å². The van der Waals surface area contributed by atoms with E-state index in [4.69, 9.17) is 0 Å². The van der Waals surface area contributed by atoms with Crippen LogP contribution in [-0.2, 0) is 11.3 Å². The van der Waals surface area contributed by atoms with Crippen LogP contribution in [0.5, 0.6) is 0 Å². The topological polar surface area (TPSA) is 57.8 Å². The molecule has 152 valence electrons.